The molecule has 0 aromatic heterocycles. The van der Waals surface area contributed by atoms with Crippen molar-refractivity contribution in [2.24, 2.45) is 5.92 Å². The summed E-state index contributed by atoms with van der Waals surface area (Å²) >= 11 is 0. The topological polar surface area (TPSA) is 88.0 Å². The average Bonchev–Trinajstić information content (AvgIpc) is 2.60. The first kappa shape index (κ1) is 15.7. The highest BCUT2D eigenvalue weighted by Gasteiger charge is 2.55. The Hall–Kier alpha value is -0.690. The van der Waals surface area contributed by atoms with Crippen molar-refractivity contribution in [3.8, 4) is 0 Å². The standard InChI is InChI=1S/C14H25NO5/c1-8(2)7-15-12(17)14(18)5-9(16)11-10(6-14)19-13(3,4)20-11/h8-11,16,18H,5-7H2,1-4H3,(H,15,17)/t9-,10-,11+,14-/m1/s1. The van der Waals surface area contributed by atoms with Gasteiger partial charge < -0.3 is 25.0 Å². The molecular weight excluding hydrogens is 262 g/mol. The van der Waals surface area contributed by atoms with Crippen molar-refractivity contribution >= 4 is 5.91 Å². The largest absolute Gasteiger partial charge is 0.390 e. The van der Waals surface area contributed by atoms with Crippen molar-refractivity contribution < 1.29 is 24.5 Å². The minimum Gasteiger partial charge on any atom is -0.390 e. The Labute approximate surface area is 119 Å². The molecule has 1 saturated heterocycles. The van der Waals surface area contributed by atoms with Crippen LogP contribution < -0.4 is 5.32 Å². The van der Waals surface area contributed by atoms with E-state index in [2.05, 4.69) is 5.32 Å². The second-order valence-electron chi connectivity index (χ2n) is 6.75. The van der Waals surface area contributed by atoms with Gasteiger partial charge in [0.2, 0.25) is 0 Å². The highest BCUT2D eigenvalue weighted by Crippen LogP contribution is 2.40. The lowest BCUT2D eigenvalue weighted by molar-refractivity contribution is -0.158. The summed E-state index contributed by atoms with van der Waals surface area (Å²) in [7, 11) is 0. The molecule has 3 N–H and O–H groups in total. The molecule has 0 spiro atoms. The maximum absolute atomic E-state index is 12.2. The predicted molar refractivity (Wildman–Crippen MR) is 71.9 cm³/mol. The number of aliphatic hydroxyl groups excluding tert-OH is 1. The summed E-state index contributed by atoms with van der Waals surface area (Å²) < 4.78 is 11.3. The fourth-order valence-electron chi connectivity index (χ4n) is 2.87. The number of ether oxygens (including phenoxy) is 2. The summed E-state index contributed by atoms with van der Waals surface area (Å²) in [6.07, 6.45) is -1.75. The fraction of sp³-hybridized carbons (Fsp3) is 0.929. The maximum atomic E-state index is 12.2. The van der Waals surface area contributed by atoms with Crippen molar-refractivity contribution in [2.75, 3.05) is 6.54 Å². The quantitative estimate of drug-likeness (QED) is 0.688. The van der Waals surface area contributed by atoms with E-state index in [4.69, 9.17) is 9.47 Å². The van der Waals surface area contributed by atoms with E-state index in [9.17, 15) is 15.0 Å². The van der Waals surface area contributed by atoms with Gasteiger partial charge in [0, 0.05) is 19.4 Å². The van der Waals surface area contributed by atoms with Crippen LogP contribution in [0.25, 0.3) is 0 Å². The number of aliphatic hydroxyl groups is 2. The zero-order valence-electron chi connectivity index (χ0n) is 12.5. The summed E-state index contributed by atoms with van der Waals surface area (Å²) in [5, 5.41) is 23.4. The molecule has 0 bridgehead atoms. The molecule has 116 valence electrons. The highest BCUT2D eigenvalue weighted by molar-refractivity contribution is 5.85. The molecule has 6 nitrogen and oxygen atoms in total. The summed E-state index contributed by atoms with van der Waals surface area (Å²) in [4.78, 5) is 12.2. The Balaban J connectivity index is 2.05. The third kappa shape index (κ3) is 3.14. The van der Waals surface area contributed by atoms with E-state index in [0.717, 1.165) is 0 Å². The van der Waals surface area contributed by atoms with Gasteiger partial charge in [0.25, 0.3) is 5.91 Å². The van der Waals surface area contributed by atoms with Crippen LogP contribution in [0.4, 0.5) is 0 Å². The van der Waals surface area contributed by atoms with E-state index < -0.39 is 35.6 Å². The lowest BCUT2D eigenvalue weighted by atomic mass is 9.79. The molecule has 1 heterocycles. The molecule has 0 aromatic carbocycles. The van der Waals surface area contributed by atoms with Crippen LogP contribution in [-0.4, -0.2) is 52.4 Å². The Morgan fingerprint density at radius 1 is 1.35 bits per heavy atom. The molecule has 1 saturated carbocycles. The van der Waals surface area contributed by atoms with E-state index >= 15 is 0 Å². The van der Waals surface area contributed by atoms with Gasteiger partial charge in [0.15, 0.2) is 5.79 Å². The molecular formula is C14H25NO5. The number of hydrogen-bond acceptors (Lipinski definition) is 5. The first-order valence-electron chi connectivity index (χ1n) is 7.17. The van der Waals surface area contributed by atoms with Crippen molar-refractivity contribution in [3.05, 3.63) is 0 Å². The molecule has 4 atom stereocenters. The monoisotopic (exact) mass is 287 g/mol. The van der Waals surface area contributed by atoms with Gasteiger partial charge >= 0.3 is 0 Å². The number of fused-ring (bicyclic) bond motifs is 1. The van der Waals surface area contributed by atoms with Crippen molar-refractivity contribution in [3.63, 3.8) is 0 Å². The molecule has 2 rings (SSSR count). The molecule has 0 unspecified atom stereocenters. The zero-order chi connectivity index (χ0) is 15.1. The number of rotatable bonds is 3. The van der Waals surface area contributed by atoms with Gasteiger partial charge in [-0.25, -0.2) is 0 Å². The smallest absolute Gasteiger partial charge is 0.252 e. The molecule has 1 aliphatic carbocycles. The summed E-state index contributed by atoms with van der Waals surface area (Å²) in [6.45, 7) is 7.97. The highest BCUT2D eigenvalue weighted by atomic mass is 16.8. The molecule has 6 heteroatoms. The molecule has 2 fully saturated rings. The van der Waals surface area contributed by atoms with E-state index in [0.29, 0.717) is 12.5 Å². The Morgan fingerprint density at radius 2 is 2.00 bits per heavy atom. The molecule has 1 amide bonds. The van der Waals surface area contributed by atoms with Crippen molar-refractivity contribution in [1.29, 1.82) is 0 Å². The zero-order valence-corrected chi connectivity index (χ0v) is 12.5. The number of amides is 1. The summed E-state index contributed by atoms with van der Waals surface area (Å²) in [5.74, 6) is -0.943. The third-order valence-corrected chi connectivity index (χ3v) is 3.78. The summed E-state index contributed by atoms with van der Waals surface area (Å²) in [6, 6.07) is 0. The molecule has 0 radical (unpaired) electrons. The van der Waals surface area contributed by atoms with E-state index in [1.165, 1.54) is 0 Å². The molecule has 20 heavy (non-hydrogen) atoms. The van der Waals surface area contributed by atoms with Crippen LogP contribution in [0.5, 0.6) is 0 Å². The van der Waals surface area contributed by atoms with Crippen LogP contribution in [0.1, 0.15) is 40.5 Å². The number of nitrogens with one attached hydrogen (secondary N) is 1. The number of carbonyl (C=O) groups excluding carboxylic acids is 1. The maximum Gasteiger partial charge on any atom is 0.252 e. The second kappa shape index (κ2) is 5.26. The van der Waals surface area contributed by atoms with Gasteiger partial charge in [0.1, 0.15) is 11.7 Å². The van der Waals surface area contributed by atoms with Crippen LogP contribution in [-0.2, 0) is 14.3 Å². The van der Waals surface area contributed by atoms with E-state index in [-0.39, 0.29) is 12.8 Å². The fourth-order valence-corrected chi connectivity index (χ4v) is 2.87. The average molecular weight is 287 g/mol. The first-order chi connectivity index (χ1) is 9.13. The molecule has 2 aliphatic rings. The van der Waals surface area contributed by atoms with Crippen LogP contribution in [0.15, 0.2) is 0 Å². The van der Waals surface area contributed by atoms with Gasteiger partial charge in [0.05, 0.1) is 12.2 Å². The van der Waals surface area contributed by atoms with Crippen LogP contribution in [0.2, 0.25) is 0 Å². The minimum absolute atomic E-state index is 0.0302. The van der Waals surface area contributed by atoms with Crippen LogP contribution in [0.3, 0.4) is 0 Å². The van der Waals surface area contributed by atoms with E-state index in [1.54, 1.807) is 13.8 Å². The number of hydrogen-bond donors (Lipinski definition) is 3. The van der Waals surface area contributed by atoms with Gasteiger partial charge in [-0.1, -0.05) is 13.8 Å². The van der Waals surface area contributed by atoms with Crippen LogP contribution in [0, 0.1) is 5.92 Å². The van der Waals surface area contributed by atoms with Gasteiger partial charge in [-0.15, -0.1) is 0 Å². The predicted octanol–water partition coefficient (Wildman–Crippen LogP) is 0.164. The van der Waals surface area contributed by atoms with Gasteiger partial charge in [-0.3, -0.25) is 4.79 Å². The summed E-state index contributed by atoms with van der Waals surface area (Å²) in [5.41, 5.74) is -1.60. The lowest BCUT2D eigenvalue weighted by Crippen LogP contribution is -2.58. The molecule has 1 aliphatic heterocycles. The van der Waals surface area contributed by atoms with Crippen molar-refractivity contribution in [2.45, 2.75) is 70.2 Å². The van der Waals surface area contributed by atoms with E-state index in [1.807, 2.05) is 13.8 Å². The SMILES string of the molecule is CC(C)CNC(=O)[C@@]1(O)C[C@@H](O)[C@@H]2OC(C)(C)O[C@@H]2C1. The Kier molecular flexibility index (Phi) is 4.12. The number of carbonyl (C=O) groups is 1. The lowest BCUT2D eigenvalue weighted by Gasteiger charge is -2.38. The Bertz CT molecular complexity index is 384. The second-order valence-corrected chi connectivity index (χ2v) is 6.75. The first-order valence-corrected chi connectivity index (χ1v) is 7.17. The van der Waals surface area contributed by atoms with Crippen LogP contribution >= 0.6 is 0 Å². The normalized spacial score (nSPS) is 39.6. The van der Waals surface area contributed by atoms with Gasteiger partial charge in [-0.2, -0.15) is 0 Å². The Morgan fingerprint density at radius 3 is 2.60 bits per heavy atom. The molecule has 0 aromatic rings. The third-order valence-electron chi connectivity index (χ3n) is 3.78. The minimum atomic E-state index is -1.60. The van der Waals surface area contributed by atoms with Gasteiger partial charge in [-0.05, 0) is 19.8 Å². The van der Waals surface area contributed by atoms with Crippen molar-refractivity contribution in [1.82, 2.24) is 5.32 Å².